The highest BCUT2D eigenvalue weighted by atomic mass is 16.5. The summed E-state index contributed by atoms with van der Waals surface area (Å²) in [6, 6.07) is 11.6. The van der Waals surface area contributed by atoms with Gasteiger partial charge in [0.25, 0.3) is 0 Å². The molecule has 32 heavy (non-hydrogen) atoms. The van der Waals surface area contributed by atoms with Crippen LogP contribution in [0, 0.1) is 0 Å². The van der Waals surface area contributed by atoms with Gasteiger partial charge in [0, 0.05) is 36.5 Å². The average molecular weight is 436 g/mol. The predicted octanol–water partition coefficient (Wildman–Crippen LogP) is 3.01. The van der Waals surface area contributed by atoms with Crippen LogP contribution in [0.25, 0.3) is 22.3 Å². The number of hydrogen-bond donors (Lipinski definition) is 3. The molecule has 0 unspecified atom stereocenters. The van der Waals surface area contributed by atoms with Crippen molar-refractivity contribution in [2.45, 2.75) is 12.3 Å². The molecule has 0 saturated carbocycles. The van der Waals surface area contributed by atoms with Gasteiger partial charge in [0.1, 0.15) is 16.7 Å². The van der Waals surface area contributed by atoms with Gasteiger partial charge < -0.3 is 24.5 Å². The third kappa shape index (κ3) is 3.43. The Bertz CT molecular complexity index is 1370. The lowest BCUT2D eigenvalue weighted by molar-refractivity contribution is -0.140. The number of nitrogens with zero attached hydrogens (tertiary/aromatic N) is 2. The molecule has 1 atom stereocenters. The molecule has 0 bridgehead atoms. The number of phenols is 3. The molecule has 0 fully saturated rings. The number of esters is 1. The van der Waals surface area contributed by atoms with Crippen LogP contribution in [0.1, 0.15) is 23.6 Å². The normalized spacial score (nSPS) is 12.1. The summed E-state index contributed by atoms with van der Waals surface area (Å²) in [5, 5.41) is 35.4. The summed E-state index contributed by atoms with van der Waals surface area (Å²) in [5.74, 6) is -3.72. The molecule has 0 spiro atoms. The van der Waals surface area contributed by atoms with Crippen LogP contribution in [0.4, 0.5) is 0 Å². The SMILES string of the molecule is COC(=O)C[C@H](c1c(O)c(O)c(O)c2c(=O)cc(-c3ccccc3)oc12)c1ccnn1C. The lowest BCUT2D eigenvalue weighted by atomic mass is 9.89. The van der Waals surface area contributed by atoms with Crippen LogP contribution >= 0.6 is 0 Å². The second-order valence-electron chi connectivity index (χ2n) is 7.22. The Kier molecular flexibility index (Phi) is 5.31. The minimum Gasteiger partial charge on any atom is -0.504 e. The number of rotatable bonds is 5. The maximum Gasteiger partial charge on any atom is 0.306 e. The molecule has 0 amide bonds. The van der Waals surface area contributed by atoms with Gasteiger partial charge in [-0.2, -0.15) is 5.10 Å². The van der Waals surface area contributed by atoms with Crippen molar-refractivity contribution in [1.82, 2.24) is 9.78 Å². The zero-order valence-corrected chi connectivity index (χ0v) is 17.3. The van der Waals surface area contributed by atoms with Crippen molar-refractivity contribution in [3.05, 3.63) is 70.1 Å². The van der Waals surface area contributed by atoms with E-state index in [9.17, 15) is 24.9 Å². The first-order chi connectivity index (χ1) is 15.3. The highest BCUT2D eigenvalue weighted by Gasteiger charge is 2.32. The van der Waals surface area contributed by atoms with E-state index < -0.39 is 34.6 Å². The van der Waals surface area contributed by atoms with E-state index in [0.717, 1.165) is 0 Å². The second kappa shape index (κ2) is 8.10. The number of phenolic OH excluding ortho intramolecular Hbond substituents is 3. The van der Waals surface area contributed by atoms with Crippen LogP contribution < -0.4 is 5.43 Å². The molecular formula is C23H20N2O7. The minimum atomic E-state index is -0.905. The van der Waals surface area contributed by atoms with Gasteiger partial charge in [0.2, 0.25) is 5.75 Å². The van der Waals surface area contributed by atoms with Gasteiger partial charge >= 0.3 is 5.97 Å². The quantitative estimate of drug-likeness (QED) is 0.321. The minimum absolute atomic E-state index is 0.0424. The Hall–Kier alpha value is -4.27. The third-order valence-corrected chi connectivity index (χ3v) is 5.35. The van der Waals surface area contributed by atoms with Crippen LogP contribution in [0.3, 0.4) is 0 Å². The summed E-state index contributed by atoms with van der Waals surface area (Å²) in [7, 11) is 2.87. The van der Waals surface area contributed by atoms with E-state index in [-0.39, 0.29) is 28.7 Å². The average Bonchev–Trinajstić information content (AvgIpc) is 3.22. The Morgan fingerprint density at radius 2 is 1.84 bits per heavy atom. The number of carbonyl (C=O) groups is 1. The van der Waals surface area contributed by atoms with E-state index >= 15 is 0 Å². The van der Waals surface area contributed by atoms with Crippen molar-refractivity contribution >= 4 is 16.9 Å². The monoisotopic (exact) mass is 436 g/mol. The number of methoxy groups -OCH3 is 1. The molecule has 0 radical (unpaired) electrons. The van der Waals surface area contributed by atoms with E-state index in [2.05, 4.69) is 5.10 Å². The fourth-order valence-corrected chi connectivity index (χ4v) is 3.77. The number of benzene rings is 2. The number of aromatic nitrogens is 2. The summed E-state index contributed by atoms with van der Waals surface area (Å²) in [5.41, 5.74) is 0.263. The van der Waals surface area contributed by atoms with E-state index in [0.29, 0.717) is 11.3 Å². The maximum absolute atomic E-state index is 12.9. The molecule has 0 aliphatic carbocycles. The summed E-state index contributed by atoms with van der Waals surface area (Å²) >= 11 is 0. The lowest BCUT2D eigenvalue weighted by Gasteiger charge is -2.20. The standard InChI is InChI=1S/C23H20N2O7/c1-25-14(8-9-24-25)13(10-17(27)31-2)18-20(28)22(30)21(29)19-15(26)11-16(32-23(18)19)12-6-4-3-5-7-12/h3-9,11,13,28-30H,10H2,1-2H3/t13-/m0/s1. The predicted molar refractivity (Wildman–Crippen MR) is 115 cm³/mol. The molecule has 9 nitrogen and oxygen atoms in total. The Morgan fingerprint density at radius 3 is 2.47 bits per heavy atom. The molecule has 0 aliphatic rings. The number of fused-ring (bicyclic) bond motifs is 1. The number of carbonyl (C=O) groups excluding carboxylic acids is 1. The summed E-state index contributed by atoms with van der Waals surface area (Å²) < 4.78 is 12.3. The molecule has 2 heterocycles. The van der Waals surface area contributed by atoms with Gasteiger partial charge in [-0.05, 0) is 6.07 Å². The zero-order chi connectivity index (χ0) is 23.0. The van der Waals surface area contributed by atoms with Crippen LogP contribution in [0.5, 0.6) is 17.2 Å². The van der Waals surface area contributed by atoms with Crippen molar-refractivity contribution in [3.63, 3.8) is 0 Å². The summed E-state index contributed by atoms with van der Waals surface area (Å²) in [6.45, 7) is 0. The summed E-state index contributed by atoms with van der Waals surface area (Å²) in [4.78, 5) is 25.2. The van der Waals surface area contributed by atoms with Gasteiger partial charge in [-0.3, -0.25) is 14.3 Å². The molecule has 2 aromatic carbocycles. The topological polar surface area (TPSA) is 135 Å². The van der Waals surface area contributed by atoms with Crippen LogP contribution in [0.15, 0.2) is 57.9 Å². The van der Waals surface area contributed by atoms with Crippen molar-refractivity contribution in [1.29, 1.82) is 0 Å². The van der Waals surface area contributed by atoms with Crippen molar-refractivity contribution in [2.24, 2.45) is 7.05 Å². The van der Waals surface area contributed by atoms with Crippen LogP contribution in [-0.4, -0.2) is 38.2 Å². The van der Waals surface area contributed by atoms with Crippen molar-refractivity contribution in [2.75, 3.05) is 7.11 Å². The first-order valence-corrected chi connectivity index (χ1v) is 9.68. The largest absolute Gasteiger partial charge is 0.504 e. The fraction of sp³-hybridized carbons (Fsp3) is 0.174. The smallest absolute Gasteiger partial charge is 0.306 e. The van der Waals surface area contributed by atoms with E-state index in [4.69, 9.17) is 9.15 Å². The van der Waals surface area contributed by atoms with E-state index in [1.54, 1.807) is 43.4 Å². The number of ether oxygens (including phenoxy) is 1. The van der Waals surface area contributed by atoms with Gasteiger partial charge in [-0.1, -0.05) is 30.3 Å². The molecule has 9 heteroatoms. The second-order valence-corrected chi connectivity index (χ2v) is 7.22. The number of aromatic hydroxyl groups is 3. The molecule has 3 N–H and O–H groups in total. The molecule has 0 aliphatic heterocycles. The van der Waals surface area contributed by atoms with Crippen LogP contribution in [-0.2, 0) is 16.6 Å². The van der Waals surface area contributed by atoms with Gasteiger partial charge in [-0.15, -0.1) is 0 Å². The van der Waals surface area contributed by atoms with Crippen molar-refractivity contribution in [3.8, 4) is 28.6 Å². The Balaban J connectivity index is 2.10. The summed E-state index contributed by atoms with van der Waals surface area (Å²) in [6.07, 6.45) is 1.26. The zero-order valence-electron chi connectivity index (χ0n) is 17.3. The Morgan fingerprint density at radius 1 is 1.12 bits per heavy atom. The lowest BCUT2D eigenvalue weighted by Crippen LogP contribution is -2.15. The highest BCUT2D eigenvalue weighted by Crippen LogP contribution is 2.49. The molecule has 164 valence electrons. The van der Waals surface area contributed by atoms with Gasteiger partial charge in [0.05, 0.1) is 19.1 Å². The molecular weight excluding hydrogens is 416 g/mol. The molecule has 4 aromatic rings. The maximum atomic E-state index is 12.9. The van der Waals surface area contributed by atoms with E-state index in [1.165, 1.54) is 24.1 Å². The third-order valence-electron chi connectivity index (χ3n) is 5.35. The van der Waals surface area contributed by atoms with Crippen molar-refractivity contribution < 1.29 is 29.3 Å². The number of hydrogen-bond acceptors (Lipinski definition) is 8. The molecule has 2 aromatic heterocycles. The Labute approximate surface area is 181 Å². The molecule has 0 saturated heterocycles. The van der Waals surface area contributed by atoms with E-state index in [1.807, 2.05) is 0 Å². The van der Waals surface area contributed by atoms with Gasteiger partial charge in [-0.25, -0.2) is 0 Å². The van der Waals surface area contributed by atoms with Crippen LogP contribution in [0.2, 0.25) is 0 Å². The first kappa shape index (κ1) is 21.0. The first-order valence-electron chi connectivity index (χ1n) is 9.68. The fourth-order valence-electron chi connectivity index (χ4n) is 3.77. The number of aryl methyl sites for hydroxylation is 1. The molecule has 4 rings (SSSR count). The highest BCUT2D eigenvalue weighted by molar-refractivity contribution is 5.93. The van der Waals surface area contributed by atoms with Gasteiger partial charge in [0.15, 0.2) is 16.9 Å².